The van der Waals surface area contributed by atoms with Crippen LogP contribution in [0, 0.1) is 0 Å². The van der Waals surface area contributed by atoms with Crippen molar-refractivity contribution in [3.05, 3.63) is 23.8 Å². The zero-order chi connectivity index (χ0) is 13.8. The van der Waals surface area contributed by atoms with Gasteiger partial charge >= 0.3 is 12.1 Å². The van der Waals surface area contributed by atoms with Crippen LogP contribution in [0.5, 0.6) is 11.5 Å². The molecule has 0 spiro atoms. The molecule has 1 amide bonds. The lowest BCUT2D eigenvalue weighted by atomic mass is 10.0. The van der Waals surface area contributed by atoms with E-state index in [1.165, 1.54) is 14.0 Å². The molecular formula is C13H15NO5. The van der Waals surface area contributed by atoms with Gasteiger partial charge in [-0.3, -0.25) is 4.79 Å². The summed E-state index contributed by atoms with van der Waals surface area (Å²) in [5.74, 6) is 0.399. The largest absolute Gasteiger partial charge is 0.493 e. The Hall–Kier alpha value is -2.24. The lowest BCUT2D eigenvalue weighted by Crippen LogP contribution is -2.35. The number of hydrogen-bond acceptors (Lipinski definition) is 5. The van der Waals surface area contributed by atoms with E-state index in [-0.39, 0.29) is 6.04 Å². The first kappa shape index (κ1) is 13.2. The van der Waals surface area contributed by atoms with Gasteiger partial charge in [-0.15, -0.1) is 0 Å². The number of cyclic esters (lactones) is 1. The molecule has 1 heterocycles. The van der Waals surface area contributed by atoms with Gasteiger partial charge in [0.2, 0.25) is 0 Å². The molecule has 0 unspecified atom stereocenters. The van der Waals surface area contributed by atoms with E-state index in [1.54, 1.807) is 18.2 Å². The molecule has 6 heteroatoms. The molecule has 0 saturated carbocycles. The van der Waals surface area contributed by atoms with Crippen molar-refractivity contribution in [1.29, 1.82) is 0 Å². The molecule has 1 atom stereocenters. The van der Waals surface area contributed by atoms with Gasteiger partial charge in [0.15, 0.2) is 11.5 Å². The highest BCUT2D eigenvalue weighted by Gasteiger charge is 2.22. The fourth-order valence-electron chi connectivity index (χ4n) is 1.92. The minimum absolute atomic E-state index is 0.124. The lowest BCUT2D eigenvalue weighted by molar-refractivity contribution is -0.132. The second-order valence-corrected chi connectivity index (χ2v) is 4.13. The highest BCUT2D eigenvalue weighted by molar-refractivity contribution is 5.71. The van der Waals surface area contributed by atoms with Crippen molar-refractivity contribution in [3.8, 4) is 11.5 Å². The number of carbonyl (C=O) groups is 2. The maximum absolute atomic E-state index is 11.2. The van der Waals surface area contributed by atoms with Gasteiger partial charge in [0.1, 0.15) is 0 Å². The number of ether oxygens (including phenoxy) is 3. The van der Waals surface area contributed by atoms with Gasteiger partial charge in [-0.05, 0) is 17.7 Å². The highest BCUT2D eigenvalue weighted by atomic mass is 16.6. The molecule has 1 aromatic carbocycles. The number of nitrogens with one attached hydrogen (secondary N) is 1. The first-order valence-electron chi connectivity index (χ1n) is 5.90. The van der Waals surface area contributed by atoms with Crippen molar-refractivity contribution >= 4 is 12.1 Å². The SMILES string of the molecule is COc1cc([C@@H]2CCOC(=O)N2)ccc1OC(C)=O. The van der Waals surface area contributed by atoms with Crippen LogP contribution in [-0.4, -0.2) is 25.8 Å². The predicted octanol–water partition coefficient (Wildman–Crippen LogP) is 1.79. The van der Waals surface area contributed by atoms with E-state index in [2.05, 4.69) is 5.32 Å². The van der Waals surface area contributed by atoms with Gasteiger partial charge in [0.25, 0.3) is 0 Å². The summed E-state index contributed by atoms with van der Waals surface area (Å²) in [6.07, 6.45) is 0.251. The van der Waals surface area contributed by atoms with E-state index < -0.39 is 12.1 Å². The lowest BCUT2D eigenvalue weighted by Gasteiger charge is -2.24. The van der Waals surface area contributed by atoms with Gasteiger partial charge in [-0.1, -0.05) is 6.07 Å². The standard InChI is InChI=1S/C13H15NO5/c1-8(15)19-11-4-3-9(7-12(11)17-2)10-5-6-18-13(16)14-10/h3-4,7,10H,5-6H2,1-2H3,(H,14,16)/t10-/m0/s1. The Balaban J connectivity index is 2.22. The highest BCUT2D eigenvalue weighted by Crippen LogP contribution is 2.32. The van der Waals surface area contributed by atoms with Crippen molar-refractivity contribution in [3.63, 3.8) is 0 Å². The molecule has 0 aromatic heterocycles. The van der Waals surface area contributed by atoms with Crippen LogP contribution in [0.4, 0.5) is 4.79 Å². The second-order valence-electron chi connectivity index (χ2n) is 4.13. The van der Waals surface area contributed by atoms with Crippen molar-refractivity contribution in [2.24, 2.45) is 0 Å². The smallest absolute Gasteiger partial charge is 0.407 e. The van der Waals surface area contributed by atoms with E-state index in [0.29, 0.717) is 24.5 Å². The molecule has 0 radical (unpaired) electrons. The summed E-state index contributed by atoms with van der Waals surface area (Å²) in [6.45, 7) is 1.70. The summed E-state index contributed by atoms with van der Waals surface area (Å²) in [5.41, 5.74) is 0.879. The number of carbonyl (C=O) groups excluding carboxylic acids is 2. The van der Waals surface area contributed by atoms with Crippen molar-refractivity contribution in [2.75, 3.05) is 13.7 Å². The molecule has 1 aliphatic heterocycles. The number of alkyl carbamates (subject to hydrolysis) is 1. The number of methoxy groups -OCH3 is 1. The molecule has 102 valence electrons. The van der Waals surface area contributed by atoms with E-state index in [9.17, 15) is 9.59 Å². The molecular weight excluding hydrogens is 250 g/mol. The Labute approximate surface area is 110 Å². The third-order valence-corrected chi connectivity index (χ3v) is 2.78. The zero-order valence-corrected chi connectivity index (χ0v) is 10.8. The fourth-order valence-corrected chi connectivity index (χ4v) is 1.92. The van der Waals surface area contributed by atoms with E-state index in [4.69, 9.17) is 14.2 Å². The Kier molecular flexibility index (Phi) is 3.89. The first-order chi connectivity index (χ1) is 9.10. The third-order valence-electron chi connectivity index (χ3n) is 2.78. The summed E-state index contributed by atoms with van der Waals surface area (Å²) in [7, 11) is 1.49. The van der Waals surface area contributed by atoms with Gasteiger partial charge in [0.05, 0.1) is 19.8 Å². The molecule has 2 rings (SSSR count). The topological polar surface area (TPSA) is 73.9 Å². The molecule has 19 heavy (non-hydrogen) atoms. The number of benzene rings is 1. The van der Waals surface area contributed by atoms with Gasteiger partial charge in [-0.25, -0.2) is 4.79 Å². The molecule has 1 aromatic rings. The number of amides is 1. The van der Waals surface area contributed by atoms with E-state index in [0.717, 1.165) is 5.56 Å². The Morgan fingerprint density at radius 1 is 1.42 bits per heavy atom. The fraction of sp³-hybridized carbons (Fsp3) is 0.385. The monoisotopic (exact) mass is 265 g/mol. The van der Waals surface area contributed by atoms with Crippen molar-refractivity contribution in [2.45, 2.75) is 19.4 Å². The average Bonchev–Trinajstić information content (AvgIpc) is 2.38. The van der Waals surface area contributed by atoms with Crippen LogP contribution >= 0.6 is 0 Å². The van der Waals surface area contributed by atoms with Crippen LogP contribution in [-0.2, 0) is 9.53 Å². The van der Waals surface area contributed by atoms with Gasteiger partial charge < -0.3 is 19.5 Å². The molecule has 0 aliphatic carbocycles. The summed E-state index contributed by atoms with van der Waals surface area (Å²) in [5, 5.41) is 2.72. The number of rotatable bonds is 3. The predicted molar refractivity (Wildman–Crippen MR) is 66.1 cm³/mol. The number of esters is 1. The van der Waals surface area contributed by atoms with E-state index >= 15 is 0 Å². The Bertz CT molecular complexity index is 500. The van der Waals surface area contributed by atoms with Gasteiger partial charge in [-0.2, -0.15) is 0 Å². The zero-order valence-electron chi connectivity index (χ0n) is 10.8. The maximum atomic E-state index is 11.2. The maximum Gasteiger partial charge on any atom is 0.407 e. The quantitative estimate of drug-likeness (QED) is 0.666. The van der Waals surface area contributed by atoms with Crippen LogP contribution in [0.15, 0.2) is 18.2 Å². The Morgan fingerprint density at radius 2 is 2.21 bits per heavy atom. The minimum Gasteiger partial charge on any atom is -0.493 e. The van der Waals surface area contributed by atoms with Gasteiger partial charge in [0, 0.05) is 13.3 Å². The summed E-state index contributed by atoms with van der Waals surface area (Å²) in [6, 6.07) is 5.06. The number of hydrogen-bond donors (Lipinski definition) is 1. The molecule has 0 bridgehead atoms. The summed E-state index contributed by atoms with van der Waals surface area (Å²) in [4.78, 5) is 22.1. The van der Waals surface area contributed by atoms with Crippen LogP contribution in [0.2, 0.25) is 0 Å². The van der Waals surface area contributed by atoms with Crippen LogP contribution in [0.3, 0.4) is 0 Å². The summed E-state index contributed by atoms with van der Waals surface area (Å²) >= 11 is 0. The Morgan fingerprint density at radius 3 is 2.84 bits per heavy atom. The minimum atomic E-state index is -0.431. The molecule has 1 saturated heterocycles. The van der Waals surface area contributed by atoms with Crippen LogP contribution < -0.4 is 14.8 Å². The molecule has 1 aliphatic rings. The first-order valence-corrected chi connectivity index (χ1v) is 5.90. The third kappa shape index (κ3) is 3.15. The van der Waals surface area contributed by atoms with Crippen LogP contribution in [0.25, 0.3) is 0 Å². The average molecular weight is 265 g/mol. The van der Waals surface area contributed by atoms with Crippen LogP contribution in [0.1, 0.15) is 24.9 Å². The summed E-state index contributed by atoms with van der Waals surface area (Å²) < 4.78 is 15.0. The normalized spacial score (nSPS) is 18.2. The second kappa shape index (κ2) is 5.60. The van der Waals surface area contributed by atoms with E-state index in [1.807, 2.05) is 0 Å². The van der Waals surface area contributed by atoms with Crippen molar-refractivity contribution < 1.29 is 23.8 Å². The molecule has 1 N–H and O–H groups in total. The molecule has 1 fully saturated rings. The van der Waals surface area contributed by atoms with Crippen molar-refractivity contribution in [1.82, 2.24) is 5.32 Å². The molecule has 6 nitrogen and oxygen atoms in total.